The molecule has 2 aromatic carbocycles. The third-order valence-electron chi connectivity index (χ3n) is 8.08. The molecule has 2 aromatic heterocycles. The molecule has 0 aliphatic carbocycles. The lowest BCUT2D eigenvalue weighted by Crippen LogP contribution is -2.44. The van der Waals surface area contributed by atoms with Crippen LogP contribution in [0.15, 0.2) is 35.6 Å². The Hall–Kier alpha value is -4.09. The summed E-state index contributed by atoms with van der Waals surface area (Å²) in [6.45, 7) is 3.35. The fourth-order valence-electron chi connectivity index (χ4n) is 5.55. The first-order valence-corrected chi connectivity index (χ1v) is 15.0. The first kappa shape index (κ1) is 30.0. The van der Waals surface area contributed by atoms with Crippen LogP contribution in [0.2, 0.25) is 5.02 Å². The van der Waals surface area contributed by atoms with Gasteiger partial charge in [0.15, 0.2) is 5.82 Å². The number of fused-ring (bicyclic) bond motifs is 2. The maximum absolute atomic E-state index is 16.9. The summed E-state index contributed by atoms with van der Waals surface area (Å²) in [4.78, 5) is 19.4. The molecule has 2 aliphatic heterocycles. The number of benzene rings is 2. The van der Waals surface area contributed by atoms with Gasteiger partial charge in [0.05, 0.1) is 47.3 Å². The molecule has 0 saturated carbocycles. The highest BCUT2D eigenvalue weighted by atomic mass is 35.5. The van der Waals surface area contributed by atoms with Gasteiger partial charge in [-0.05, 0) is 38.7 Å². The summed E-state index contributed by atoms with van der Waals surface area (Å²) >= 11 is 7.74. The fourth-order valence-corrected chi connectivity index (χ4v) is 6.80. The van der Waals surface area contributed by atoms with E-state index in [1.807, 2.05) is 55.0 Å². The lowest BCUT2D eigenvalue weighted by atomic mass is 9.97. The quantitative estimate of drug-likeness (QED) is 0.290. The van der Waals surface area contributed by atoms with Gasteiger partial charge in [-0.25, -0.2) is 8.78 Å². The number of nitriles is 1. The van der Waals surface area contributed by atoms with E-state index in [0.29, 0.717) is 31.0 Å². The van der Waals surface area contributed by atoms with Gasteiger partial charge in [0.1, 0.15) is 34.3 Å². The number of nitrogens with zero attached hydrogens (tertiary/aromatic N) is 7. The number of ether oxygens (including phenoxy) is 2. The molecular formula is C30H29ClF2N8O2S. The molecule has 2 N–H and O–H groups in total. The molecule has 0 radical (unpaired) electrons. The Morgan fingerprint density at radius 3 is 2.75 bits per heavy atom. The van der Waals surface area contributed by atoms with Crippen molar-refractivity contribution in [3.63, 3.8) is 0 Å². The van der Waals surface area contributed by atoms with Gasteiger partial charge in [-0.1, -0.05) is 17.7 Å². The van der Waals surface area contributed by atoms with E-state index in [2.05, 4.69) is 9.98 Å². The zero-order valence-corrected chi connectivity index (χ0v) is 26.0. The first-order chi connectivity index (χ1) is 21.1. The normalized spacial score (nSPS) is 18.8. The molecule has 0 amide bonds. The van der Waals surface area contributed by atoms with Gasteiger partial charge >= 0.3 is 6.01 Å². The first-order valence-electron chi connectivity index (χ1n) is 13.8. The number of rotatable bonds is 7. The number of anilines is 2. The second-order valence-corrected chi connectivity index (χ2v) is 12.3. The highest BCUT2D eigenvalue weighted by Gasteiger charge is 2.34. The predicted molar refractivity (Wildman–Crippen MR) is 169 cm³/mol. The van der Waals surface area contributed by atoms with Gasteiger partial charge in [0, 0.05) is 42.0 Å². The average Bonchev–Trinajstić information content (AvgIpc) is 3.62. The summed E-state index contributed by atoms with van der Waals surface area (Å²) in [5.41, 5.74) is 6.26. The van der Waals surface area contributed by atoms with E-state index in [4.69, 9.17) is 31.8 Å². The molecule has 2 aliphatic rings. The van der Waals surface area contributed by atoms with Gasteiger partial charge in [-0.3, -0.25) is 4.99 Å². The van der Waals surface area contributed by atoms with Gasteiger partial charge in [-0.15, -0.1) is 11.3 Å². The van der Waals surface area contributed by atoms with E-state index in [1.54, 1.807) is 18.5 Å². The summed E-state index contributed by atoms with van der Waals surface area (Å²) in [6.07, 6.45) is 4.74. The zero-order valence-electron chi connectivity index (χ0n) is 24.4. The van der Waals surface area contributed by atoms with Crippen molar-refractivity contribution in [3.8, 4) is 23.2 Å². The van der Waals surface area contributed by atoms with Crippen molar-refractivity contribution in [1.82, 2.24) is 19.8 Å². The van der Waals surface area contributed by atoms with E-state index in [-0.39, 0.29) is 60.5 Å². The van der Waals surface area contributed by atoms with E-state index in [9.17, 15) is 9.65 Å². The standard InChI is InChI=1S/C30H29ClF2N8O2S/c1-15(41-9-7-36-8-10-41)40(4)29-17-11-19(31)24(16-5-6-20(32)27-23(16)18(12-34)28(35)44-27)25(33)26(17)37-30(38-29)43-22-14-42-13-21(22)39(2)3/h5-9,11,15,21-22H,10,13-14,35H2,1-4H3/t15-,21+,22+/m0/s1. The van der Waals surface area contributed by atoms with Gasteiger partial charge < -0.3 is 29.9 Å². The van der Waals surface area contributed by atoms with Crippen LogP contribution in [0.25, 0.3) is 32.1 Å². The lowest BCUT2D eigenvalue weighted by molar-refractivity contribution is 0.117. The summed E-state index contributed by atoms with van der Waals surface area (Å²) in [7, 11) is 5.70. The van der Waals surface area contributed by atoms with Crippen molar-refractivity contribution < 1.29 is 18.3 Å². The smallest absolute Gasteiger partial charge is 0.319 e. The Balaban J connectivity index is 1.56. The van der Waals surface area contributed by atoms with Crippen molar-refractivity contribution >= 4 is 61.0 Å². The average molecular weight is 639 g/mol. The van der Waals surface area contributed by atoms with Crippen molar-refractivity contribution in [2.45, 2.75) is 25.2 Å². The van der Waals surface area contributed by atoms with Crippen molar-refractivity contribution in [1.29, 1.82) is 5.26 Å². The topological polar surface area (TPSA) is 116 Å². The molecule has 4 heterocycles. The van der Waals surface area contributed by atoms with Crippen LogP contribution in [0.3, 0.4) is 0 Å². The number of nitrogen functional groups attached to an aromatic ring is 1. The number of likely N-dealkylation sites (N-methyl/N-ethyl adjacent to an activating group) is 1. The van der Waals surface area contributed by atoms with E-state index >= 15 is 4.39 Å². The summed E-state index contributed by atoms with van der Waals surface area (Å²) in [6, 6.07) is 6.14. The summed E-state index contributed by atoms with van der Waals surface area (Å²) < 4.78 is 43.7. The highest BCUT2D eigenvalue weighted by molar-refractivity contribution is 7.23. The monoisotopic (exact) mass is 638 g/mol. The van der Waals surface area contributed by atoms with Crippen LogP contribution in [0.1, 0.15) is 12.5 Å². The summed E-state index contributed by atoms with van der Waals surface area (Å²) in [5, 5.41) is 10.5. The molecule has 6 rings (SSSR count). The Morgan fingerprint density at radius 1 is 1.25 bits per heavy atom. The number of aromatic nitrogens is 2. The molecule has 228 valence electrons. The fraction of sp³-hybridized carbons (Fsp3) is 0.333. The van der Waals surface area contributed by atoms with Gasteiger partial charge in [-0.2, -0.15) is 15.2 Å². The molecule has 1 fully saturated rings. The lowest BCUT2D eigenvalue weighted by Gasteiger charge is -2.36. The largest absolute Gasteiger partial charge is 0.456 e. The molecule has 1 saturated heterocycles. The SMILES string of the molecule is C[C@H](N1C=CN=CC1)N(C)c1nc(O[C@@H]2COC[C@H]2N(C)C)nc2c(F)c(-c3ccc(F)c4sc(N)c(C#N)c34)c(Cl)cc12. The Morgan fingerprint density at radius 2 is 2.05 bits per heavy atom. The molecule has 14 heteroatoms. The highest BCUT2D eigenvalue weighted by Crippen LogP contribution is 2.45. The number of nitrogens with two attached hydrogens (primary N) is 1. The minimum Gasteiger partial charge on any atom is -0.456 e. The third kappa shape index (κ3) is 5.07. The van der Waals surface area contributed by atoms with E-state index in [1.165, 1.54) is 12.1 Å². The second kappa shape index (κ2) is 11.8. The molecule has 3 atom stereocenters. The van der Waals surface area contributed by atoms with Crippen LogP contribution < -0.4 is 15.4 Å². The number of hydrogen-bond donors (Lipinski definition) is 1. The molecule has 4 aromatic rings. The molecule has 0 bridgehead atoms. The van der Waals surface area contributed by atoms with Crippen LogP contribution in [0.4, 0.5) is 19.6 Å². The number of halogens is 3. The molecule has 0 spiro atoms. The Kier molecular flexibility index (Phi) is 8.02. The number of aliphatic imine (C=N–C) groups is 1. The van der Waals surface area contributed by atoms with Crippen LogP contribution in [0.5, 0.6) is 6.01 Å². The predicted octanol–water partition coefficient (Wildman–Crippen LogP) is 5.24. The Bertz CT molecular complexity index is 1870. The number of thiophene rings is 1. The van der Waals surface area contributed by atoms with Crippen LogP contribution in [0, 0.1) is 23.0 Å². The van der Waals surface area contributed by atoms with Gasteiger partial charge in [0.25, 0.3) is 0 Å². The maximum Gasteiger partial charge on any atom is 0.319 e. The van der Waals surface area contributed by atoms with Gasteiger partial charge in [0.2, 0.25) is 0 Å². The van der Waals surface area contributed by atoms with E-state index in [0.717, 1.165) is 11.3 Å². The molecular weight excluding hydrogens is 610 g/mol. The molecule has 10 nitrogen and oxygen atoms in total. The molecule has 44 heavy (non-hydrogen) atoms. The van der Waals surface area contributed by atoms with Crippen LogP contribution in [-0.2, 0) is 4.74 Å². The van der Waals surface area contributed by atoms with Crippen LogP contribution in [-0.4, -0.2) is 85.2 Å². The minimum atomic E-state index is -0.763. The number of hydrogen-bond acceptors (Lipinski definition) is 11. The zero-order chi connectivity index (χ0) is 31.3. The van der Waals surface area contributed by atoms with Crippen LogP contribution >= 0.6 is 22.9 Å². The van der Waals surface area contributed by atoms with Crippen molar-refractivity contribution in [2.75, 3.05) is 51.5 Å². The maximum atomic E-state index is 16.9. The second-order valence-electron chi connectivity index (χ2n) is 10.8. The van der Waals surface area contributed by atoms with E-state index < -0.39 is 17.7 Å². The van der Waals surface area contributed by atoms with Crippen molar-refractivity contribution in [2.24, 2.45) is 4.99 Å². The minimum absolute atomic E-state index is 0.0291. The third-order valence-corrected chi connectivity index (χ3v) is 9.40. The Labute approximate surface area is 261 Å². The summed E-state index contributed by atoms with van der Waals surface area (Å²) in [5.74, 6) is -0.940. The van der Waals surface area contributed by atoms with Crippen molar-refractivity contribution in [3.05, 3.63) is 52.8 Å². The molecule has 0 unspecified atom stereocenters.